The molecule has 1 N–H and O–H groups in total. The molecule has 42 heavy (non-hydrogen) atoms. The molecule has 0 saturated carbocycles. The molecular formula is C31H24N4O6S. The number of methoxy groups -OCH3 is 1. The Morgan fingerprint density at radius 2 is 1.67 bits per heavy atom. The quantitative estimate of drug-likeness (QED) is 0.119. The highest BCUT2D eigenvalue weighted by Crippen LogP contribution is 2.45. The van der Waals surface area contributed by atoms with Crippen molar-refractivity contribution in [1.82, 2.24) is 14.4 Å². The molecule has 0 radical (unpaired) electrons. The van der Waals surface area contributed by atoms with Gasteiger partial charge in [0.1, 0.15) is 27.7 Å². The summed E-state index contributed by atoms with van der Waals surface area (Å²) >= 11 is 0.932. The van der Waals surface area contributed by atoms with Crippen molar-refractivity contribution in [3.05, 3.63) is 112 Å². The number of nitrogens with zero attached hydrogens (tertiary/aromatic N) is 4. The summed E-state index contributed by atoms with van der Waals surface area (Å²) in [6, 6.07) is 20.4. The number of fused-ring (bicyclic) bond motifs is 1. The Hall–Kier alpha value is -5.29. The van der Waals surface area contributed by atoms with Crippen LogP contribution in [-0.4, -0.2) is 44.2 Å². The molecule has 1 atom stereocenters. The summed E-state index contributed by atoms with van der Waals surface area (Å²) in [6.45, 7) is 3.34. The fourth-order valence-electron chi connectivity index (χ4n) is 5.01. The highest BCUT2D eigenvalue weighted by atomic mass is 32.1. The number of aromatic nitrogens is 3. The topological polar surface area (TPSA) is 123 Å². The Balaban J connectivity index is 1.56. The fourth-order valence-corrected chi connectivity index (χ4v) is 6.02. The Bertz CT molecular complexity index is 1910. The summed E-state index contributed by atoms with van der Waals surface area (Å²) < 4.78 is 12.6. The number of pyridine rings is 1. The number of aliphatic hydroxyl groups excluding tert-OH is 1. The normalized spacial score (nSPS) is 16.3. The summed E-state index contributed by atoms with van der Waals surface area (Å²) in [5.41, 5.74) is 2.03. The molecule has 1 aliphatic rings. The summed E-state index contributed by atoms with van der Waals surface area (Å²) in [6.07, 6.45) is 1.72. The fraction of sp³-hybridized carbons (Fsp3) is 0.129. The minimum atomic E-state index is -1.09. The third-order valence-electron chi connectivity index (χ3n) is 6.89. The number of thiazole rings is 1. The van der Waals surface area contributed by atoms with E-state index < -0.39 is 23.7 Å². The number of rotatable bonds is 6. The predicted octanol–water partition coefficient (Wildman–Crippen LogP) is 5.61. The number of esters is 1. The number of anilines is 1. The molecule has 3 aromatic heterocycles. The second kappa shape index (κ2) is 10.6. The third-order valence-corrected chi connectivity index (χ3v) is 8.02. The van der Waals surface area contributed by atoms with Crippen LogP contribution in [0.15, 0.2) is 84.6 Å². The second-order valence-corrected chi connectivity index (χ2v) is 10.5. The summed E-state index contributed by atoms with van der Waals surface area (Å²) in [4.78, 5) is 50.2. The van der Waals surface area contributed by atoms with Gasteiger partial charge in [-0.25, -0.2) is 14.8 Å². The van der Waals surface area contributed by atoms with Crippen LogP contribution in [0.3, 0.4) is 0 Å². The van der Waals surface area contributed by atoms with Gasteiger partial charge in [-0.3, -0.25) is 18.9 Å². The van der Waals surface area contributed by atoms with Crippen molar-refractivity contribution in [3.8, 4) is 11.5 Å². The number of hydrogen-bond acceptors (Lipinski definition) is 9. The molecule has 0 aliphatic carbocycles. The maximum Gasteiger partial charge on any atom is 0.350 e. The average molecular weight is 581 g/mol. The van der Waals surface area contributed by atoms with Crippen LogP contribution in [-0.2, 0) is 14.3 Å². The van der Waals surface area contributed by atoms with E-state index in [0.717, 1.165) is 11.3 Å². The van der Waals surface area contributed by atoms with Crippen LogP contribution in [0.4, 0.5) is 5.13 Å². The molecule has 10 nitrogen and oxygen atoms in total. The van der Waals surface area contributed by atoms with Gasteiger partial charge in [-0.05, 0) is 55.8 Å². The van der Waals surface area contributed by atoms with Gasteiger partial charge in [-0.15, -0.1) is 0 Å². The SMILES string of the molecule is COC(=O)c1sc(N2C(=O)C(=O)C(=C(O)c3c(C)nc4ccccn34)C2c2cccc(Oc3ccccc3)c2)nc1C. The number of carbonyl (C=O) groups excluding carboxylic acids is 3. The number of imidazole rings is 1. The lowest BCUT2D eigenvalue weighted by atomic mass is 9.96. The molecule has 11 heteroatoms. The Morgan fingerprint density at radius 1 is 0.929 bits per heavy atom. The predicted molar refractivity (Wildman–Crippen MR) is 156 cm³/mol. The lowest BCUT2D eigenvalue weighted by molar-refractivity contribution is -0.132. The van der Waals surface area contributed by atoms with E-state index in [0.29, 0.717) is 34.1 Å². The van der Waals surface area contributed by atoms with E-state index in [1.54, 1.807) is 73.0 Å². The van der Waals surface area contributed by atoms with Crippen LogP contribution < -0.4 is 9.64 Å². The van der Waals surface area contributed by atoms with Crippen LogP contribution in [0.2, 0.25) is 0 Å². The lowest BCUT2D eigenvalue weighted by Gasteiger charge is -2.23. The van der Waals surface area contributed by atoms with Crippen molar-refractivity contribution in [1.29, 1.82) is 0 Å². The second-order valence-electron chi connectivity index (χ2n) is 9.53. The van der Waals surface area contributed by atoms with Gasteiger partial charge in [0.05, 0.1) is 30.1 Å². The molecule has 0 spiro atoms. The number of ether oxygens (including phenoxy) is 2. The van der Waals surface area contributed by atoms with Gasteiger partial charge in [0.25, 0.3) is 5.78 Å². The van der Waals surface area contributed by atoms with E-state index in [1.165, 1.54) is 12.0 Å². The molecule has 4 heterocycles. The van der Waals surface area contributed by atoms with Crippen molar-refractivity contribution in [3.63, 3.8) is 0 Å². The molecule has 1 fully saturated rings. The van der Waals surface area contributed by atoms with E-state index in [1.807, 2.05) is 24.3 Å². The first-order valence-corrected chi connectivity index (χ1v) is 13.7. The third kappa shape index (κ3) is 4.49. The van der Waals surface area contributed by atoms with Crippen LogP contribution >= 0.6 is 11.3 Å². The van der Waals surface area contributed by atoms with Gasteiger partial charge in [0.15, 0.2) is 10.9 Å². The molecule has 1 saturated heterocycles. The van der Waals surface area contributed by atoms with E-state index in [4.69, 9.17) is 9.47 Å². The van der Waals surface area contributed by atoms with Crippen molar-refractivity contribution < 1.29 is 29.0 Å². The maximum atomic E-state index is 13.7. The zero-order chi connectivity index (χ0) is 29.5. The average Bonchev–Trinajstić information content (AvgIpc) is 3.63. The number of aliphatic hydroxyl groups is 1. The van der Waals surface area contributed by atoms with Crippen molar-refractivity contribution >= 4 is 45.5 Å². The number of aryl methyl sites for hydroxylation is 2. The number of benzene rings is 2. The zero-order valence-electron chi connectivity index (χ0n) is 22.8. The van der Waals surface area contributed by atoms with Crippen molar-refractivity contribution in [2.45, 2.75) is 19.9 Å². The standard InChI is InChI=1S/C31H24N4O6S/c1-17-24(34-15-8-7-14-22(34)32-17)26(36)23-25(19-10-9-13-21(16-19)41-20-11-5-4-6-12-20)35(29(38)27(23)37)31-33-18(2)28(42-31)30(39)40-3/h4-16,25,36H,1-3H3. The van der Waals surface area contributed by atoms with Gasteiger partial charge < -0.3 is 14.6 Å². The number of ketones is 1. The highest BCUT2D eigenvalue weighted by Gasteiger charge is 2.49. The van der Waals surface area contributed by atoms with E-state index in [-0.39, 0.29) is 27.0 Å². The van der Waals surface area contributed by atoms with Crippen LogP contribution in [0.1, 0.15) is 38.4 Å². The van der Waals surface area contributed by atoms with Gasteiger partial charge >= 0.3 is 11.9 Å². The van der Waals surface area contributed by atoms with Gasteiger partial charge in [-0.2, -0.15) is 0 Å². The molecule has 1 amide bonds. The minimum absolute atomic E-state index is 0.114. The Morgan fingerprint density at radius 3 is 2.43 bits per heavy atom. The monoisotopic (exact) mass is 580 g/mol. The number of carbonyl (C=O) groups is 3. The summed E-state index contributed by atoms with van der Waals surface area (Å²) in [5.74, 6) is -1.72. The zero-order valence-corrected chi connectivity index (χ0v) is 23.6. The van der Waals surface area contributed by atoms with E-state index in [2.05, 4.69) is 9.97 Å². The van der Waals surface area contributed by atoms with E-state index in [9.17, 15) is 19.5 Å². The molecule has 1 unspecified atom stereocenters. The number of Topliss-reactive ketones (excluding diaryl/α,β-unsaturated/α-hetero) is 1. The number of para-hydroxylation sites is 1. The highest BCUT2D eigenvalue weighted by molar-refractivity contribution is 7.17. The first kappa shape index (κ1) is 26.9. The lowest BCUT2D eigenvalue weighted by Crippen LogP contribution is -2.29. The van der Waals surface area contributed by atoms with Crippen LogP contribution in [0.25, 0.3) is 11.4 Å². The Labute approximate surface area is 244 Å². The minimum Gasteiger partial charge on any atom is -0.505 e. The maximum absolute atomic E-state index is 13.7. The molecule has 2 aromatic carbocycles. The Kier molecular flexibility index (Phi) is 6.79. The molecule has 210 valence electrons. The summed E-state index contributed by atoms with van der Waals surface area (Å²) in [5, 5.41) is 11.9. The van der Waals surface area contributed by atoms with E-state index >= 15 is 0 Å². The number of amides is 1. The molecule has 5 aromatic rings. The molecule has 1 aliphatic heterocycles. The van der Waals surface area contributed by atoms with Crippen LogP contribution in [0.5, 0.6) is 11.5 Å². The molecular weight excluding hydrogens is 556 g/mol. The van der Waals surface area contributed by atoms with Crippen molar-refractivity contribution in [2.24, 2.45) is 0 Å². The van der Waals surface area contributed by atoms with Gasteiger partial charge in [0.2, 0.25) is 0 Å². The molecule has 0 bridgehead atoms. The summed E-state index contributed by atoms with van der Waals surface area (Å²) in [7, 11) is 1.25. The molecule has 6 rings (SSSR count). The first-order valence-electron chi connectivity index (χ1n) is 12.9. The van der Waals surface area contributed by atoms with Crippen molar-refractivity contribution in [2.75, 3.05) is 12.0 Å². The van der Waals surface area contributed by atoms with Crippen LogP contribution in [0, 0.1) is 13.8 Å². The smallest absolute Gasteiger partial charge is 0.350 e. The van der Waals surface area contributed by atoms with Gasteiger partial charge in [-0.1, -0.05) is 47.7 Å². The first-order chi connectivity index (χ1) is 20.3. The van der Waals surface area contributed by atoms with Gasteiger partial charge in [0, 0.05) is 6.20 Å². The largest absolute Gasteiger partial charge is 0.505 e. The number of hydrogen-bond donors (Lipinski definition) is 1.